The number of aryl methyl sites for hydroxylation is 2. The van der Waals surface area contributed by atoms with Crippen LogP contribution in [0.15, 0.2) is 42.0 Å². The minimum Gasteiger partial charge on any atom is -0.354 e. The third-order valence-corrected chi connectivity index (χ3v) is 4.59. The van der Waals surface area contributed by atoms with Crippen molar-refractivity contribution >= 4 is 17.5 Å². The summed E-state index contributed by atoms with van der Waals surface area (Å²) >= 11 is 0. The molecule has 1 amide bonds. The second kappa shape index (κ2) is 8.61. The van der Waals surface area contributed by atoms with Crippen molar-refractivity contribution in [1.82, 2.24) is 9.97 Å². The molecule has 0 radical (unpaired) electrons. The summed E-state index contributed by atoms with van der Waals surface area (Å²) in [6, 6.07) is 9.42. The zero-order valence-corrected chi connectivity index (χ0v) is 15.5. The van der Waals surface area contributed by atoms with Crippen LogP contribution in [0.25, 0.3) is 0 Å². The number of hydrogen-bond donors (Lipinski definition) is 2. The van der Waals surface area contributed by atoms with Crippen molar-refractivity contribution < 1.29 is 4.79 Å². The number of nitrogens with zero attached hydrogens (tertiary/aromatic N) is 2. The highest BCUT2D eigenvalue weighted by Crippen LogP contribution is 2.20. The van der Waals surface area contributed by atoms with E-state index in [9.17, 15) is 4.79 Å². The smallest absolute Gasteiger partial charge is 0.274 e. The first-order valence-electron chi connectivity index (χ1n) is 9.26. The normalized spacial score (nSPS) is 13.8. The van der Waals surface area contributed by atoms with E-state index in [0.29, 0.717) is 11.6 Å². The Hall–Kier alpha value is -2.69. The topological polar surface area (TPSA) is 66.9 Å². The summed E-state index contributed by atoms with van der Waals surface area (Å²) in [5.74, 6) is 0.291. The summed E-state index contributed by atoms with van der Waals surface area (Å²) in [4.78, 5) is 21.3. The molecule has 26 heavy (non-hydrogen) atoms. The van der Waals surface area contributed by atoms with Crippen LogP contribution in [0, 0.1) is 13.8 Å². The fourth-order valence-corrected chi connectivity index (χ4v) is 3.13. The van der Waals surface area contributed by atoms with Gasteiger partial charge in [-0.15, -0.1) is 0 Å². The summed E-state index contributed by atoms with van der Waals surface area (Å²) < 4.78 is 0. The first-order valence-corrected chi connectivity index (χ1v) is 9.26. The van der Waals surface area contributed by atoms with Crippen LogP contribution in [0.2, 0.25) is 0 Å². The van der Waals surface area contributed by atoms with Gasteiger partial charge < -0.3 is 10.6 Å². The predicted molar refractivity (Wildman–Crippen MR) is 106 cm³/mol. The van der Waals surface area contributed by atoms with Crippen LogP contribution in [0.1, 0.15) is 53.8 Å². The number of aromatic nitrogens is 2. The van der Waals surface area contributed by atoms with Gasteiger partial charge in [0.25, 0.3) is 5.91 Å². The van der Waals surface area contributed by atoms with Crippen molar-refractivity contribution in [2.24, 2.45) is 0 Å². The van der Waals surface area contributed by atoms with Gasteiger partial charge in [-0.25, -0.2) is 9.97 Å². The van der Waals surface area contributed by atoms with E-state index in [1.807, 2.05) is 38.1 Å². The lowest BCUT2D eigenvalue weighted by Crippen LogP contribution is -2.17. The Morgan fingerprint density at radius 2 is 2.00 bits per heavy atom. The van der Waals surface area contributed by atoms with Gasteiger partial charge in [-0.3, -0.25) is 4.79 Å². The molecule has 0 fully saturated rings. The molecule has 1 aliphatic rings. The van der Waals surface area contributed by atoms with Crippen molar-refractivity contribution in [2.75, 3.05) is 17.2 Å². The van der Waals surface area contributed by atoms with Crippen molar-refractivity contribution in [1.29, 1.82) is 0 Å². The highest BCUT2D eigenvalue weighted by atomic mass is 16.1. The van der Waals surface area contributed by atoms with Gasteiger partial charge in [-0.2, -0.15) is 0 Å². The monoisotopic (exact) mass is 350 g/mol. The number of nitrogens with one attached hydrogen (secondary N) is 2. The van der Waals surface area contributed by atoms with Gasteiger partial charge in [0.2, 0.25) is 5.95 Å². The van der Waals surface area contributed by atoms with Crippen molar-refractivity contribution in [2.45, 2.75) is 46.0 Å². The van der Waals surface area contributed by atoms with E-state index in [0.717, 1.165) is 29.9 Å². The molecule has 2 aromatic rings. The molecule has 2 N–H and O–H groups in total. The zero-order chi connectivity index (χ0) is 18.4. The number of amides is 1. The van der Waals surface area contributed by atoms with Gasteiger partial charge in [0.1, 0.15) is 5.69 Å². The van der Waals surface area contributed by atoms with Gasteiger partial charge in [0, 0.05) is 17.9 Å². The second-order valence-corrected chi connectivity index (χ2v) is 6.77. The number of benzene rings is 1. The Labute approximate surface area is 155 Å². The Kier molecular flexibility index (Phi) is 6.00. The van der Waals surface area contributed by atoms with E-state index in [1.165, 1.54) is 31.3 Å². The van der Waals surface area contributed by atoms with Gasteiger partial charge in [-0.1, -0.05) is 29.8 Å². The molecule has 1 heterocycles. The molecule has 0 saturated carbocycles. The summed E-state index contributed by atoms with van der Waals surface area (Å²) in [5.41, 5.74) is 4.47. The number of hydrogen-bond acceptors (Lipinski definition) is 4. The molecule has 1 aromatic carbocycles. The molecular formula is C21H26N4O. The first kappa shape index (κ1) is 18.1. The predicted octanol–water partition coefficient (Wildman–Crippen LogP) is 4.65. The van der Waals surface area contributed by atoms with E-state index in [1.54, 1.807) is 6.07 Å². The maximum Gasteiger partial charge on any atom is 0.274 e. The van der Waals surface area contributed by atoms with E-state index >= 15 is 0 Å². The molecule has 5 nitrogen and oxygen atoms in total. The lowest BCUT2D eigenvalue weighted by molar-refractivity contribution is 0.102. The number of anilines is 2. The highest BCUT2D eigenvalue weighted by Gasteiger charge is 2.12. The average molecular weight is 350 g/mol. The molecule has 3 rings (SSSR count). The maximum atomic E-state index is 12.6. The molecule has 0 bridgehead atoms. The Bertz CT molecular complexity index is 813. The fourth-order valence-electron chi connectivity index (χ4n) is 3.13. The highest BCUT2D eigenvalue weighted by molar-refractivity contribution is 6.03. The van der Waals surface area contributed by atoms with Crippen molar-refractivity contribution in [3.8, 4) is 0 Å². The SMILES string of the molecule is Cc1cc(C(=O)Nc2ccccc2C)nc(NCCC2=CCCCC2)n1. The number of carbonyl (C=O) groups excluding carboxylic acids is 1. The Morgan fingerprint density at radius 3 is 2.77 bits per heavy atom. The molecular weight excluding hydrogens is 324 g/mol. The van der Waals surface area contributed by atoms with Crippen LogP contribution in [-0.2, 0) is 0 Å². The Morgan fingerprint density at radius 1 is 1.15 bits per heavy atom. The minimum atomic E-state index is -0.220. The van der Waals surface area contributed by atoms with Crippen molar-refractivity contribution in [3.05, 3.63) is 58.9 Å². The van der Waals surface area contributed by atoms with E-state index in [-0.39, 0.29) is 5.91 Å². The third-order valence-electron chi connectivity index (χ3n) is 4.59. The van der Waals surface area contributed by atoms with Crippen LogP contribution < -0.4 is 10.6 Å². The molecule has 0 spiro atoms. The number of carbonyl (C=O) groups is 1. The minimum absolute atomic E-state index is 0.220. The molecule has 1 aromatic heterocycles. The van der Waals surface area contributed by atoms with Gasteiger partial charge in [-0.05, 0) is 63.6 Å². The summed E-state index contributed by atoms with van der Waals surface area (Å²) in [6.45, 7) is 4.63. The van der Waals surface area contributed by atoms with Crippen LogP contribution >= 0.6 is 0 Å². The number of allylic oxidation sites excluding steroid dienone is 1. The first-order chi connectivity index (χ1) is 12.6. The average Bonchev–Trinajstić information content (AvgIpc) is 2.64. The molecule has 5 heteroatoms. The van der Waals surface area contributed by atoms with Crippen LogP contribution in [-0.4, -0.2) is 22.4 Å². The standard InChI is InChI=1S/C21H26N4O/c1-15-8-6-7-11-18(15)24-20(26)19-14-16(2)23-21(25-19)22-13-12-17-9-4-3-5-10-17/h6-9,11,14H,3-5,10,12-13H2,1-2H3,(H,24,26)(H,22,23,25). The molecule has 0 saturated heterocycles. The quantitative estimate of drug-likeness (QED) is 0.744. The van der Waals surface area contributed by atoms with E-state index < -0.39 is 0 Å². The lowest BCUT2D eigenvalue weighted by atomic mass is 9.97. The second-order valence-electron chi connectivity index (χ2n) is 6.77. The summed E-state index contributed by atoms with van der Waals surface area (Å²) in [6.07, 6.45) is 8.33. The molecule has 1 aliphatic carbocycles. The number of rotatable bonds is 6. The molecule has 0 atom stereocenters. The van der Waals surface area contributed by atoms with Gasteiger partial charge >= 0.3 is 0 Å². The van der Waals surface area contributed by atoms with Crippen LogP contribution in [0.5, 0.6) is 0 Å². The Balaban J connectivity index is 1.64. The van der Waals surface area contributed by atoms with E-state index in [4.69, 9.17) is 0 Å². The fraction of sp³-hybridized carbons (Fsp3) is 0.381. The van der Waals surface area contributed by atoms with Gasteiger partial charge in [0.15, 0.2) is 0 Å². The molecule has 136 valence electrons. The summed E-state index contributed by atoms with van der Waals surface area (Å²) in [7, 11) is 0. The maximum absolute atomic E-state index is 12.6. The molecule has 0 unspecified atom stereocenters. The van der Waals surface area contributed by atoms with Crippen LogP contribution in [0.3, 0.4) is 0 Å². The van der Waals surface area contributed by atoms with Crippen molar-refractivity contribution in [3.63, 3.8) is 0 Å². The number of para-hydroxylation sites is 1. The lowest BCUT2D eigenvalue weighted by Gasteiger charge is -2.13. The van der Waals surface area contributed by atoms with Gasteiger partial charge in [0.05, 0.1) is 0 Å². The molecule has 0 aliphatic heterocycles. The largest absolute Gasteiger partial charge is 0.354 e. The summed E-state index contributed by atoms with van der Waals surface area (Å²) in [5, 5.41) is 6.18. The van der Waals surface area contributed by atoms with E-state index in [2.05, 4.69) is 26.7 Å². The zero-order valence-electron chi connectivity index (χ0n) is 15.5. The third kappa shape index (κ3) is 4.91. The van der Waals surface area contributed by atoms with Crippen LogP contribution in [0.4, 0.5) is 11.6 Å².